The summed E-state index contributed by atoms with van der Waals surface area (Å²) in [7, 11) is 0. The average Bonchev–Trinajstić information content (AvgIpc) is 2.17. The van der Waals surface area contributed by atoms with E-state index in [4.69, 9.17) is 4.74 Å². The second-order valence-electron chi connectivity index (χ2n) is 3.02. The Morgan fingerprint density at radius 3 is 3.31 bits per heavy atom. The van der Waals surface area contributed by atoms with E-state index < -0.39 is 0 Å². The van der Waals surface area contributed by atoms with E-state index in [9.17, 15) is 10.1 Å². The zero-order valence-electron chi connectivity index (χ0n) is 6.97. The minimum Gasteiger partial charge on any atom is -0.371 e. The van der Waals surface area contributed by atoms with Crippen LogP contribution in [0.15, 0.2) is 23.9 Å². The molecule has 2 rings (SSSR count). The van der Waals surface area contributed by atoms with E-state index in [1.807, 2.05) is 0 Å². The van der Waals surface area contributed by atoms with Crippen LogP contribution in [0.2, 0.25) is 0 Å². The Balaban J connectivity index is 2.16. The third kappa shape index (κ3) is 1.61. The molecule has 0 saturated carbocycles. The Morgan fingerprint density at radius 1 is 1.69 bits per heavy atom. The molecule has 5 nitrogen and oxygen atoms in total. The zero-order valence-corrected chi connectivity index (χ0v) is 6.97. The van der Waals surface area contributed by atoms with Crippen LogP contribution >= 0.6 is 0 Å². The largest absolute Gasteiger partial charge is 0.371 e. The molecule has 13 heavy (non-hydrogen) atoms. The highest BCUT2D eigenvalue weighted by Crippen LogP contribution is 2.16. The summed E-state index contributed by atoms with van der Waals surface area (Å²) in [5.41, 5.74) is 0.138. The van der Waals surface area contributed by atoms with Crippen molar-refractivity contribution < 1.29 is 9.66 Å². The lowest BCUT2D eigenvalue weighted by atomic mass is 10.0. The Labute approximate surface area is 75.2 Å². The van der Waals surface area contributed by atoms with Crippen molar-refractivity contribution in [2.24, 2.45) is 0 Å². The minimum atomic E-state index is -0.386. The van der Waals surface area contributed by atoms with E-state index in [1.54, 1.807) is 12.2 Å². The lowest BCUT2D eigenvalue weighted by Gasteiger charge is -2.29. The Hall–Kier alpha value is -1.20. The van der Waals surface area contributed by atoms with E-state index in [0.717, 1.165) is 6.54 Å². The summed E-state index contributed by atoms with van der Waals surface area (Å²) in [4.78, 5) is 10.1. The summed E-state index contributed by atoms with van der Waals surface area (Å²) < 4.78 is 5.39. The first-order valence-electron chi connectivity index (χ1n) is 4.17. The van der Waals surface area contributed by atoms with Gasteiger partial charge < -0.3 is 10.1 Å². The maximum atomic E-state index is 10.4. The van der Waals surface area contributed by atoms with Gasteiger partial charge in [-0.1, -0.05) is 0 Å². The Bertz CT molecular complexity index is 285. The van der Waals surface area contributed by atoms with Gasteiger partial charge >= 0.3 is 0 Å². The van der Waals surface area contributed by atoms with Gasteiger partial charge in [-0.2, -0.15) is 0 Å². The number of ether oxygens (including phenoxy) is 1. The number of fused-ring (bicyclic) bond motifs is 1. The van der Waals surface area contributed by atoms with Crippen molar-refractivity contribution in [1.82, 2.24) is 5.32 Å². The quantitative estimate of drug-likeness (QED) is 0.460. The second-order valence-corrected chi connectivity index (χ2v) is 3.02. The summed E-state index contributed by atoms with van der Waals surface area (Å²) in [6.07, 6.45) is 4.78. The smallest absolute Gasteiger partial charge is 0.266 e. The number of nitrogens with zero attached hydrogens (tertiary/aromatic N) is 1. The number of hydrogen-bond acceptors (Lipinski definition) is 4. The molecule has 1 fully saturated rings. The van der Waals surface area contributed by atoms with Crippen LogP contribution < -0.4 is 5.32 Å². The molecule has 0 bridgehead atoms. The van der Waals surface area contributed by atoms with Crippen molar-refractivity contribution in [3.63, 3.8) is 0 Å². The van der Waals surface area contributed by atoms with Gasteiger partial charge in [0, 0.05) is 18.7 Å². The summed E-state index contributed by atoms with van der Waals surface area (Å²) in [6.45, 7) is 1.41. The third-order valence-electron chi connectivity index (χ3n) is 2.16. The predicted octanol–water partition coefficient (Wildman–Crippen LogP) is 0.0738. The molecule has 5 heteroatoms. The van der Waals surface area contributed by atoms with Crippen LogP contribution in [0, 0.1) is 10.1 Å². The lowest BCUT2D eigenvalue weighted by Crippen LogP contribution is -2.47. The number of nitrogens with one attached hydrogen (secondary N) is 1. The molecule has 0 aromatic heterocycles. The minimum absolute atomic E-state index is 0.0425. The second kappa shape index (κ2) is 3.27. The molecule has 0 spiro atoms. The number of morpholine rings is 1. The van der Waals surface area contributed by atoms with Crippen LogP contribution in [-0.2, 0) is 4.74 Å². The molecule has 1 aliphatic carbocycles. The molecule has 2 aliphatic rings. The van der Waals surface area contributed by atoms with E-state index in [-0.39, 0.29) is 22.8 Å². The molecule has 0 aromatic rings. The summed E-state index contributed by atoms with van der Waals surface area (Å²) in [5.74, 6) is 0. The SMILES string of the molecule is O=[N+]([O-])C1=CC2NCCOC2C=C1. The van der Waals surface area contributed by atoms with E-state index >= 15 is 0 Å². The van der Waals surface area contributed by atoms with Crippen LogP contribution in [0.4, 0.5) is 0 Å². The molecule has 0 aromatic carbocycles. The molecule has 1 heterocycles. The molecule has 2 atom stereocenters. The molecule has 70 valence electrons. The van der Waals surface area contributed by atoms with Crippen molar-refractivity contribution >= 4 is 0 Å². The van der Waals surface area contributed by atoms with Crippen molar-refractivity contribution in [2.45, 2.75) is 12.1 Å². The predicted molar refractivity (Wildman–Crippen MR) is 45.7 cm³/mol. The van der Waals surface area contributed by atoms with Gasteiger partial charge in [0.1, 0.15) is 0 Å². The van der Waals surface area contributed by atoms with Gasteiger partial charge in [0.2, 0.25) is 0 Å². The van der Waals surface area contributed by atoms with Crippen LogP contribution in [0.1, 0.15) is 0 Å². The lowest BCUT2D eigenvalue weighted by molar-refractivity contribution is -0.419. The first kappa shape index (κ1) is 8.40. The van der Waals surface area contributed by atoms with Crippen LogP contribution in [0.5, 0.6) is 0 Å². The normalized spacial score (nSPS) is 32.2. The maximum absolute atomic E-state index is 10.4. The topological polar surface area (TPSA) is 64.4 Å². The molecule has 1 saturated heterocycles. The van der Waals surface area contributed by atoms with Gasteiger partial charge in [-0.25, -0.2) is 0 Å². The van der Waals surface area contributed by atoms with Gasteiger partial charge in [-0.3, -0.25) is 10.1 Å². The summed E-state index contributed by atoms with van der Waals surface area (Å²) in [5, 5.41) is 13.6. The van der Waals surface area contributed by atoms with Crippen LogP contribution in [0.25, 0.3) is 0 Å². The Morgan fingerprint density at radius 2 is 2.54 bits per heavy atom. The standard InChI is InChI=1S/C8H10N2O3/c11-10(12)6-1-2-8-7(5-6)9-3-4-13-8/h1-2,5,7-9H,3-4H2. The van der Waals surface area contributed by atoms with Gasteiger partial charge in [-0.15, -0.1) is 0 Å². The van der Waals surface area contributed by atoms with Crippen molar-refractivity contribution in [1.29, 1.82) is 0 Å². The molecule has 0 amide bonds. The maximum Gasteiger partial charge on any atom is 0.266 e. The zero-order chi connectivity index (χ0) is 9.26. The van der Waals surface area contributed by atoms with Crippen LogP contribution in [-0.4, -0.2) is 30.2 Å². The number of allylic oxidation sites excluding steroid dienone is 1. The summed E-state index contributed by atoms with van der Waals surface area (Å²) in [6, 6.07) is -0.0425. The fourth-order valence-corrected chi connectivity index (χ4v) is 1.52. The monoisotopic (exact) mass is 182 g/mol. The van der Waals surface area contributed by atoms with Gasteiger partial charge in [0.05, 0.1) is 23.7 Å². The Kier molecular flexibility index (Phi) is 2.12. The summed E-state index contributed by atoms with van der Waals surface area (Å²) >= 11 is 0. The fraction of sp³-hybridized carbons (Fsp3) is 0.500. The first-order valence-corrected chi connectivity index (χ1v) is 4.17. The third-order valence-corrected chi connectivity index (χ3v) is 2.16. The number of hydrogen-bond donors (Lipinski definition) is 1. The van der Waals surface area contributed by atoms with Crippen LogP contribution in [0.3, 0.4) is 0 Å². The van der Waals surface area contributed by atoms with Gasteiger partial charge in [0.15, 0.2) is 0 Å². The van der Waals surface area contributed by atoms with Crippen molar-refractivity contribution in [3.05, 3.63) is 34.0 Å². The highest BCUT2D eigenvalue weighted by atomic mass is 16.6. The molecule has 2 unspecified atom stereocenters. The molecule has 1 N–H and O–H groups in total. The molecular formula is C8H10N2O3. The molecule has 1 aliphatic heterocycles. The molecular weight excluding hydrogens is 172 g/mol. The molecule has 0 radical (unpaired) electrons. The average molecular weight is 182 g/mol. The van der Waals surface area contributed by atoms with E-state index in [0.29, 0.717) is 6.61 Å². The van der Waals surface area contributed by atoms with Crippen molar-refractivity contribution in [2.75, 3.05) is 13.2 Å². The highest BCUT2D eigenvalue weighted by Gasteiger charge is 2.27. The first-order chi connectivity index (χ1) is 6.27. The fourth-order valence-electron chi connectivity index (χ4n) is 1.52. The highest BCUT2D eigenvalue weighted by molar-refractivity contribution is 5.24. The van der Waals surface area contributed by atoms with Gasteiger partial charge in [0.25, 0.3) is 5.70 Å². The van der Waals surface area contributed by atoms with E-state index in [2.05, 4.69) is 5.32 Å². The number of nitro groups is 1. The number of rotatable bonds is 1. The van der Waals surface area contributed by atoms with Gasteiger partial charge in [-0.05, 0) is 6.08 Å². The van der Waals surface area contributed by atoms with E-state index in [1.165, 1.54) is 6.08 Å². The van der Waals surface area contributed by atoms with Crippen molar-refractivity contribution in [3.8, 4) is 0 Å².